The van der Waals surface area contributed by atoms with Crippen molar-refractivity contribution in [2.45, 2.75) is 51.7 Å². The third-order valence-electron chi connectivity index (χ3n) is 3.67. The molecule has 1 atom stereocenters. The quantitative estimate of drug-likeness (QED) is 0.897. The fraction of sp³-hybridized carbons (Fsp3) is 0.667. The predicted molar refractivity (Wildman–Crippen MR) is 79.5 cm³/mol. The van der Waals surface area contributed by atoms with E-state index >= 15 is 0 Å². The summed E-state index contributed by atoms with van der Waals surface area (Å²) in [5, 5.41) is 9.41. The lowest BCUT2D eigenvalue weighted by atomic mass is 10.0. The van der Waals surface area contributed by atoms with E-state index in [1.54, 1.807) is 7.11 Å². The summed E-state index contributed by atoms with van der Waals surface area (Å²) < 4.78 is 5.15. The summed E-state index contributed by atoms with van der Waals surface area (Å²) in [7, 11) is 1.62. The van der Waals surface area contributed by atoms with Gasteiger partial charge in [0.1, 0.15) is 17.7 Å². The molecule has 0 saturated carbocycles. The van der Waals surface area contributed by atoms with Gasteiger partial charge in [0.15, 0.2) is 0 Å². The van der Waals surface area contributed by atoms with Crippen molar-refractivity contribution in [2.24, 2.45) is 0 Å². The number of aliphatic carboxylic acids is 1. The molecule has 2 heterocycles. The van der Waals surface area contributed by atoms with Gasteiger partial charge in [0.2, 0.25) is 0 Å². The van der Waals surface area contributed by atoms with Gasteiger partial charge >= 0.3 is 5.97 Å². The number of piperidine rings is 1. The maximum absolute atomic E-state index is 11.5. The van der Waals surface area contributed by atoms with E-state index in [1.807, 2.05) is 24.8 Å². The van der Waals surface area contributed by atoms with Crippen molar-refractivity contribution in [3.63, 3.8) is 0 Å². The van der Waals surface area contributed by atoms with E-state index in [0.29, 0.717) is 18.8 Å². The smallest absolute Gasteiger partial charge is 0.326 e. The van der Waals surface area contributed by atoms with Crippen LogP contribution in [0.15, 0.2) is 6.07 Å². The van der Waals surface area contributed by atoms with E-state index in [9.17, 15) is 9.90 Å². The van der Waals surface area contributed by atoms with Crippen molar-refractivity contribution in [2.75, 3.05) is 18.6 Å². The zero-order valence-electron chi connectivity index (χ0n) is 12.9. The van der Waals surface area contributed by atoms with E-state index in [1.165, 1.54) is 0 Å². The summed E-state index contributed by atoms with van der Waals surface area (Å²) >= 11 is 0. The van der Waals surface area contributed by atoms with Crippen molar-refractivity contribution < 1.29 is 14.6 Å². The Kier molecular flexibility index (Phi) is 5.12. The first kappa shape index (κ1) is 15.7. The minimum atomic E-state index is -0.785. The molecule has 0 bridgehead atoms. The van der Waals surface area contributed by atoms with Crippen molar-refractivity contribution in [1.82, 2.24) is 9.97 Å². The van der Waals surface area contributed by atoms with Crippen molar-refractivity contribution in [3.8, 4) is 0 Å². The fourth-order valence-corrected chi connectivity index (χ4v) is 2.59. The third-order valence-corrected chi connectivity index (χ3v) is 3.67. The molecule has 1 saturated heterocycles. The maximum Gasteiger partial charge on any atom is 0.326 e. The van der Waals surface area contributed by atoms with Crippen LogP contribution < -0.4 is 4.90 Å². The fourth-order valence-electron chi connectivity index (χ4n) is 2.59. The van der Waals surface area contributed by atoms with Gasteiger partial charge in [-0.3, -0.25) is 0 Å². The Morgan fingerprint density at radius 1 is 1.48 bits per heavy atom. The highest BCUT2D eigenvalue weighted by atomic mass is 16.5. The van der Waals surface area contributed by atoms with Gasteiger partial charge in [-0.05, 0) is 19.3 Å². The standard InChI is InChI=1S/C15H23N3O3/c1-10(2)14-16-11(9-21-3)8-13(17-14)18-7-5-4-6-12(18)15(19)20/h8,10,12H,4-7,9H2,1-3H3,(H,19,20). The van der Waals surface area contributed by atoms with Crippen LogP contribution in [-0.2, 0) is 16.1 Å². The van der Waals surface area contributed by atoms with Gasteiger partial charge in [-0.25, -0.2) is 14.8 Å². The molecule has 21 heavy (non-hydrogen) atoms. The lowest BCUT2D eigenvalue weighted by molar-refractivity contribution is -0.139. The highest BCUT2D eigenvalue weighted by Crippen LogP contribution is 2.25. The van der Waals surface area contributed by atoms with E-state index in [4.69, 9.17) is 4.74 Å². The highest BCUT2D eigenvalue weighted by molar-refractivity contribution is 5.78. The molecule has 1 fully saturated rings. The van der Waals surface area contributed by atoms with Crippen LogP contribution in [0.1, 0.15) is 50.5 Å². The Labute approximate surface area is 125 Å². The summed E-state index contributed by atoms with van der Waals surface area (Å²) in [4.78, 5) is 22.4. The molecular weight excluding hydrogens is 270 g/mol. The minimum Gasteiger partial charge on any atom is -0.480 e. The van der Waals surface area contributed by atoms with Crippen molar-refractivity contribution >= 4 is 11.8 Å². The SMILES string of the molecule is COCc1cc(N2CCCCC2C(=O)O)nc(C(C)C)n1. The second-order valence-corrected chi connectivity index (χ2v) is 5.71. The van der Waals surface area contributed by atoms with Gasteiger partial charge in [-0.1, -0.05) is 13.8 Å². The number of rotatable bonds is 5. The molecule has 6 heteroatoms. The molecule has 1 aromatic rings. The Bertz CT molecular complexity index is 505. The second-order valence-electron chi connectivity index (χ2n) is 5.71. The van der Waals surface area contributed by atoms with Gasteiger partial charge in [0.05, 0.1) is 12.3 Å². The minimum absolute atomic E-state index is 0.189. The number of hydrogen-bond donors (Lipinski definition) is 1. The largest absolute Gasteiger partial charge is 0.480 e. The lowest BCUT2D eigenvalue weighted by Gasteiger charge is -2.34. The molecule has 6 nitrogen and oxygen atoms in total. The summed E-state index contributed by atoms with van der Waals surface area (Å²) in [6.07, 6.45) is 2.60. The number of carboxylic acids is 1. The molecular formula is C15H23N3O3. The topological polar surface area (TPSA) is 75.5 Å². The Morgan fingerprint density at radius 2 is 2.24 bits per heavy atom. The highest BCUT2D eigenvalue weighted by Gasteiger charge is 2.30. The molecule has 0 radical (unpaired) electrons. The monoisotopic (exact) mass is 293 g/mol. The Balaban J connectivity index is 2.37. The molecule has 1 aliphatic heterocycles. The van der Waals surface area contributed by atoms with Gasteiger partial charge in [-0.15, -0.1) is 0 Å². The first-order valence-electron chi connectivity index (χ1n) is 7.39. The van der Waals surface area contributed by atoms with Crippen LogP contribution >= 0.6 is 0 Å². The molecule has 1 unspecified atom stereocenters. The van der Waals surface area contributed by atoms with Crippen molar-refractivity contribution in [3.05, 3.63) is 17.6 Å². The number of carboxylic acid groups (broad SMARTS) is 1. The molecule has 0 spiro atoms. The van der Waals surface area contributed by atoms with Gasteiger partial charge in [0, 0.05) is 25.6 Å². The summed E-state index contributed by atoms with van der Waals surface area (Å²) in [6, 6.07) is 1.35. The summed E-state index contributed by atoms with van der Waals surface area (Å²) in [5.41, 5.74) is 0.793. The maximum atomic E-state index is 11.5. The van der Waals surface area contributed by atoms with Crippen LogP contribution in [-0.4, -0.2) is 40.7 Å². The zero-order valence-corrected chi connectivity index (χ0v) is 12.9. The van der Waals surface area contributed by atoms with E-state index in [2.05, 4.69) is 9.97 Å². The molecule has 116 valence electrons. The first-order valence-corrected chi connectivity index (χ1v) is 7.39. The number of aromatic nitrogens is 2. The number of nitrogens with zero attached hydrogens (tertiary/aromatic N) is 3. The second kappa shape index (κ2) is 6.85. The average Bonchev–Trinajstić information content (AvgIpc) is 2.47. The number of anilines is 1. The molecule has 1 aromatic heterocycles. The molecule has 2 rings (SSSR count). The number of hydrogen-bond acceptors (Lipinski definition) is 5. The molecule has 0 aliphatic carbocycles. The van der Waals surface area contributed by atoms with Crippen LogP contribution in [0.3, 0.4) is 0 Å². The van der Waals surface area contributed by atoms with Crippen LogP contribution in [0.5, 0.6) is 0 Å². The van der Waals surface area contributed by atoms with Crippen LogP contribution in [0.4, 0.5) is 5.82 Å². The van der Waals surface area contributed by atoms with Crippen LogP contribution in [0, 0.1) is 0 Å². The number of ether oxygens (including phenoxy) is 1. The van der Waals surface area contributed by atoms with Crippen LogP contribution in [0.2, 0.25) is 0 Å². The molecule has 1 N–H and O–H groups in total. The zero-order chi connectivity index (χ0) is 15.4. The predicted octanol–water partition coefficient (Wildman–Crippen LogP) is 2.19. The number of methoxy groups -OCH3 is 1. The normalized spacial score (nSPS) is 19.0. The van der Waals surface area contributed by atoms with Crippen molar-refractivity contribution in [1.29, 1.82) is 0 Å². The van der Waals surface area contributed by atoms with E-state index in [-0.39, 0.29) is 5.92 Å². The van der Waals surface area contributed by atoms with E-state index in [0.717, 1.165) is 30.9 Å². The van der Waals surface area contributed by atoms with Crippen LogP contribution in [0.25, 0.3) is 0 Å². The number of carbonyl (C=O) groups is 1. The Hall–Kier alpha value is -1.69. The summed E-state index contributed by atoms with van der Waals surface area (Å²) in [6.45, 7) is 5.18. The molecule has 0 amide bonds. The molecule has 0 aromatic carbocycles. The van der Waals surface area contributed by atoms with E-state index < -0.39 is 12.0 Å². The third kappa shape index (κ3) is 3.69. The molecule has 1 aliphatic rings. The van der Waals surface area contributed by atoms with Gasteiger partial charge < -0.3 is 14.7 Å². The lowest BCUT2D eigenvalue weighted by Crippen LogP contribution is -2.45. The van der Waals surface area contributed by atoms with Gasteiger partial charge in [0.25, 0.3) is 0 Å². The summed E-state index contributed by atoms with van der Waals surface area (Å²) in [5.74, 6) is 0.837. The Morgan fingerprint density at radius 3 is 2.86 bits per heavy atom. The average molecular weight is 293 g/mol. The first-order chi connectivity index (χ1) is 10.0. The van der Waals surface area contributed by atoms with Gasteiger partial charge in [-0.2, -0.15) is 0 Å².